The molecule has 1 aromatic rings. The molecule has 0 aliphatic carbocycles. The molecule has 0 radical (unpaired) electrons. The molecule has 0 aromatic carbocycles. The molecular weight excluding hydrogens is 389 g/mol. The number of aromatic nitrogens is 2. The third-order valence-corrected chi connectivity index (χ3v) is 5.41. The molecule has 2 fully saturated rings. The summed E-state index contributed by atoms with van der Waals surface area (Å²) >= 11 is 0. The van der Waals surface area contributed by atoms with Gasteiger partial charge in [-0.05, 0) is 38.3 Å². The van der Waals surface area contributed by atoms with E-state index in [4.69, 9.17) is 9.90 Å². The van der Waals surface area contributed by atoms with E-state index in [1.54, 1.807) is 0 Å². The maximum absolute atomic E-state index is 12.8. The van der Waals surface area contributed by atoms with Gasteiger partial charge >= 0.3 is 12.1 Å². The van der Waals surface area contributed by atoms with Gasteiger partial charge in [-0.1, -0.05) is 13.8 Å². The van der Waals surface area contributed by atoms with Crippen molar-refractivity contribution in [2.45, 2.75) is 45.8 Å². The number of carboxylic acid groups (broad SMARTS) is 1. The lowest BCUT2D eigenvalue weighted by atomic mass is 9.77. The van der Waals surface area contributed by atoms with Crippen molar-refractivity contribution in [3.63, 3.8) is 0 Å². The number of aryl methyl sites for hydroxylation is 1. The van der Waals surface area contributed by atoms with E-state index in [-0.39, 0.29) is 5.41 Å². The van der Waals surface area contributed by atoms with Gasteiger partial charge in [0, 0.05) is 38.4 Å². The number of hydrogen-bond donors (Lipinski definition) is 1. The summed E-state index contributed by atoms with van der Waals surface area (Å²) in [5.74, 6) is -1.78. The number of likely N-dealkylation sites (tertiary alicyclic amines) is 2. The van der Waals surface area contributed by atoms with E-state index in [1.807, 2.05) is 17.9 Å². The zero-order valence-electron chi connectivity index (χ0n) is 17.1. The number of carboxylic acids is 1. The largest absolute Gasteiger partial charge is 0.490 e. The van der Waals surface area contributed by atoms with Crippen LogP contribution in [0.3, 0.4) is 0 Å². The Balaban J connectivity index is 0.000000370. The van der Waals surface area contributed by atoms with Crippen LogP contribution in [-0.2, 0) is 23.2 Å². The number of carbonyl (C=O) groups excluding carboxylic acids is 1. The third-order valence-electron chi connectivity index (χ3n) is 5.41. The topological polar surface area (TPSA) is 78.7 Å². The van der Waals surface area contributed by atoms with Crippen LogP contribution in [0.2, 0.25) is 0 Å². The minimum Gasteiger partial charge on any atom is -0.475 e. The van der Waals surface area contributed by atoms with Crippen molar-refractivity contribution in [2.24, 2.45) is 18.4 Å². The predicted octanol–water partition coefficient (Wildman–Crippen LogP) is 2.52. The number of amides is 1. The minimum atomic E-state index is -5.08. The van der Waals surface area contributed by atoms with Crippen molar-refractivity contribution < 1.29 is 27.9 Å². The van der Waals surface area contributed by atoms with Gasteiger partial charge in [-0.25, -0.2) is 4.79 Å². The fraction of sp³-hybridized carbons (Fsp3) is 0.737. The summed E-state index contributed by atoms with van der Waals surface area (Å²) in [6.07, 6.45) is 2.02. The van der Waals surface area contributed by atoms with Gasteiger partial charge in [0.2, 0.25) is 5.91 Å². The number of aliphatic carboxylic acids is 1. The average molecular weight is 418 g/mol. The molecular formula is C19H29F3N4O3. The number of rotatable bonds is 4. The van der Waals surface area contributed by atoms with Crippen LogP contribution in [0.15, 0.2) is 12.4 Å². The molecule has 0 unspecified atom stereocenters. The van der Waals surface area contributed by atoms with Gasteiger partial charge in [0.1, 0.15) is 0 Å². The Morgan fingerprint density at radius 1 is 1.24 bits per heavy atom. The molecule has 10 heteroatoms. The molecule has 3 heterocycles. The Morgan fingerprint density at radius 2 is 1.79 bits per heavy atom. The predicted molar refractivity (Wildman–Crippen MR) is 99.9 cm³/mol. The van der Waals surface area contributed by atoms with Gasteiger partial charge in [-0.2, -0.15) is 18.3 Å². The zero-order valence-corrected chi connectivity index (χ0v) is 17.1. The SMILES string of the molecule is CC(C)CN1CCC2(CCN(Cc3cnn(C)c3)CC2)C1=O.O=C(O)C(F)(F)F. The van der Waals surface area contributed by atoms with Crippen LogP contribution < -0.4 is 0 Å². The number of alkyl halides is 3. The highest BCUT2D eigenvalue weighted by molar-refractivity contribution is 5.85. The van der Waals surface area contributed by atoms with Crippen molar-refractivity contribution in [1.82, 2.24) is 19.6 Å². The first-order valence-corrected chi connectivity index (χ1v) is 9.72. The molecule has 7 nitrogen and oxygen atoms in total. The van der Waals surface area contributed by atoms with Crippen LogP contribution in [0.25, 0.3) is 0 Å². The molecule has 1 N–H and O–H groups in total. The highest BCUT2D eigenvalue weighted by atomic mass is 19.4. The van der Waals surface area contributed by atoms with Crippen LogP contribution in [0.4, 0.5) is 13.2 Å². The second-order valence-corrected chi connectivity index (χ2v) is 8.28. The number of carbonyl (C=O) groups is 2. The standard InChI is InChI=1S/C17H28N4O.C2HF3O2/c1-14(2)11-21-9-6-17(16(21)22)4-7-20(8-5-17)13-15-10-18-19(3)12-15;3-2(4,5)1(6)7/h10,12,14H,4-9,11,13H2,1-3H3;(H,6,7). The van der Waals surface area contributed by atoms with Gasteiger partial charge in [-0.15, -0.1) is 0 Å². The van der Waals surface area contributed by atoms with Crippen LogP contribution in [0.1, 0.15) is 38.7 Å². The summed E-state index contributed by atoms with van der Waals surface area (Å²) in [6, 6.07) is 0. The lowest BCUT2D eigenvalue weighted by Gasteiger charge is -2.38. The van der Waals surface area contributed by atoms with Crippen molar-refractivity contribution in [2.75, 3.05) is 26.2 Å². The summed E-state index contributed by atoms with van der Waals surface area (Å²) in [5.41, 5.74) is 1.21. The van der Waals surface area contributed by atoms with E-state index in [0.717, 1.165) is 52.0 Å². The highest BCUT2D eigenvalue weighted by Gasteiger charge is 2.47. The number of halogens is 3. The fourth-order valence-electron chi connectivity index (χ4n) is 3.92. The summed E-state index contributed by atoms with van der Waals surface area (Å²) < 4.78 is 33.6. The highest BCUT2D eigenvalue weighted by Crippen LogP contribution is 2.41. The molecule has 2 saturated heterocycles. The number of hydrogen-bond acceptors (Lipinski definition) is 4. The Bertz CT molecular complexity index is 710. The van der Waals surface area contributed by atoms with E-state index in [1.165, 1.54) is 5.56 Å². The first-order valence-electron chi connectivity index (χ1n) is 9.72. The molecule has 2 aliphatic rings. The molecule has 0 saturated carbocycles. The lowest BCUT2D eigenvalue weighted by molar-refractivity contribution is -0.192. The Labute approximate surface area is 168 Å². The molecule has 0 atom stereocenters. The van der Waals surface area contributed by atoms with Crippen LogP contribution >= 0.6 is 0 Å². The summed E-state index contributed by atoms with van der Waals surface area (Å²) in [4.78, 5) is 26.2. The minimum absolute atomic E-state index is 0.0552. The number of piperidine rings is 1. The molecule has 164 valence electrons. The van der Waals surface area contributed by atoms with Gasteiger partial charge in [0.25, 0.3) is 0 Å². The molecule has 29 heavy (non-hydrogen) atoms. The lowest BCUT2D eigenvalue weighted by Crippen LogP contribution is -2.44. The molecule has 2 aliphatic heterocycles. The summed E-state index contributed by atoms with van der Waals surface area (Å²) in [5, 5.41) is 11.4. The van der Waals surface area contributed by atoms with Gasteiger partial charge in [0.15, 0.2) is 0 Å². The first-order chi connectivity index (χ1) is 13.4. The van der Waals surface area contributed by atoms with Crippen LogP contribution in [-0.4, -0.2) is 68.9 Å². The smallest absolute Gasteiger partial charge is 0.475 e. The van der Waals surface area contributed by atoms with E-state index >= 15 is 0 Å². The monoisotopic (exact) mass is 418 g/mol. The second-order valence-electron chi connectivity index (χ2n) is 8.28. The molecule has 1 spiro atoms. The molecule has 1 aromatic heterocycles. The van der Waals surface area contributed by atoms with Crippen molar-refractivity contribution in [3.05, 3.63) is 18.0 Å². The maximum Gasteiger partial charge on any atom is 0.490 e. The summed E-state index contributed by atoms with van der Waals surface area (Å²) in [6.45, 7) is 9.25. The molecule has 0 bridgehead atoms. The number of nitrogens with zero attached hydrogens (tertiary/aromatic N) is 4. The fourth-order valence-corrected chi connectivity index (χ4v) is 3.92. The van der Waals surface area contributed by atoms with E-state index in [2.05, 4.69) is 34.9 Å². The van der Waals surface area contributed by atoms with E-state index in [9.17, 15) is 18.0 Å². The first kappa shape index (κ1) is 23.2. The Morgan fingerprint density at radius 3 is 2.24 bits per heavy atom. The zero-order chi connectivity index (χ0) is 21.8. The molecule has 3 rings (SSSR count). The Hall–Kier alpha value is -2.10. The van der Waals surface area contributed by atoms with Gasteiger partial charge in [-0.3, -0.25) is 14.4 Å². The normalized spacial score (nSPS) is 19.6. The quantitative estimate of drug-likeness (QED) is 0.813. The Kier molecular flexibility index (Phi) is 7.31. The second kappa shape index (κ2) is 9.15. The van der Waals surface area contributed by atoms with Gasteiger partial charge < -0.3 is 10.0 Å². The van der Waals surface area contributed by atoms with Gasteiger partial charge in [0.05, 0.1) is 11.6 Å². The van der Waals surface area contributed by atoms with Crippen molar-refractivity contribution >= 4 is 11.9 Å². The van der Waals surface area contributed by atoms with E-state index < -0.39 is 12.1 Å². The average Bonchev–Trinajstić information content (AvgIpc) is 3.15. The van der Waals surface area contributed by atoms with Crippen molar-refractivity contribution in [1.29, 1.82) is 0 Å². The third kappa shape index (κ3) is 6.19. The van der Waals surface area contributed by atoms with Crippen molar-refractivity contribution in [3.8, 4) is 0 Å². The van der Waals surface area contributed by atoms with Crippen LogP contribution in [0, 0.1) is 11.3 Å². The molecule has 1 amide bonds. The summed E-state index contributed by atoms with van der Waals surface area (Å²) in [7, 11) is 1.95. The van der Waals surface area contributed by atoms with Crippen LogP contribution in [0.5, 0.6) is 0 Å². The maximum atomic E-state index is 12.8. The van der Waals surface area contributed by atoms with E-state index in [0.29, 0.717) is 11.8 Å².